The fourth-order valence-corrected chi connectivity index (χ4v) is 5.22. The first-order chi connectivity index (χ1) is 18.2. The molecule has 0 spiro atoms. The first-order valence-electron chi connectivity index (χ1n) is 11.3. The van der Waals surface area contributed by atoms with E-state index in [0.29, 0.717) is 55.1 Å². The molecule has 11 heteroatoms. The molecule has 0 fully saturated rings. The normalized spacial score (nSPS) is 12.4. The average molecular weight is 581 g/mol. The third-order valence-electron chi connectivity index (χ3n) is 6.39. The number of aromatic nitrogens is 1. The van der Waals surface area contributed by atoms with Crippen molar-refractivity contribution in [3.63, 3.8) is 0 Å². The van der Waals surface area contributed by atoms with Crippen molar-refractivity contribution in [1.29, 1.82) is 0 Å². The SMILES string of the molecule is NC(=O)c1cccc2c1c1ccc(-c3ccc(Cl)cc3Cl)cc1n2Cc1cc(C(F)(F)F)cc(C(F)(F)F)c1. The molecule has 200 valence electrons. The molecule has 5 rings (SSSR count). The van der Waals surface area contributed by atoms with Crippen LogP contribution in [0.4, 0.5) is 26.3 Å². The number of primary amides is 1. The predicted molar refractivity (Wildman–Crippen MR) is 139 cm³/mol. The number of carbonyl (C=O) groups excluding carboxylic acids is 1. The number of amides is 1. The summed E-state index contributed by atoms with van der Waals surface area (Å²) in [6, 6.07) is 16.1. The zero-order valence-electron chi connectivity index (χ0n) is 19.6. The number of halogens is 8. The van der Waals surface area contributed by atoms with Gasteiger partial charge in [0.15, 0.2) is 0 Å². The maximum absolute atomic E-state index is 13.5. The third kappa shape index (κ3) is 5.04. The largest absolute Gasteiger partial charge is 0.416 e. The van der Waals surface area contributed by atoms with E-state index in [4.69, 9.17) is 28.9 Å². The minimum atomic E-state index is -4.99. The van der Waals surface area contributed by atoms with Gasteiger partial charge < -0.3 is 10.3 Å². The van der Waals surface area contributed by atoms with E-state index >= 15 is 0 Å². The Morgan fingerprint density at radius 1 is 0.795 bits per heavy atom. The van der Waals surface area contributed by atoms with Crippen LogP contribution in [0.3, 0.4) is 0 Å². The van der Waals surface area contributed by atoms with Gasteiger partial charge in [0.1, 0.15) is 0 Å². The van der Waals surface area contributed by atoms with Gasteiger partial charge in [-0.25, -0.2) is 0 Å². The molecule has 0 unspecified atom stereocenters. The number of hydrogen-bond acceptors (Lipinski definition) is 1. The Kier molecular flexibility index (Phi) is 6.55. The molecule has 2 N–H and O–H groups in total. The van der Waals surface area contributed by atoms with Gasteiger partial charge in [0.25, 0.3) is 0 Å². The fourth-order valence-electron chi connectivity index (χ4n) is 4.70. The van der Waals surface area contributed by atoms with Crippen LogP contribution in [-0.4, -0.2) is 10.5 Å². The van der Waals surface area contributed by atoms with E-state index in [9.17, 15) is 31.1 Å². The fraction of sp³-hybridized carbons (Fsp3) is 0.107. The van der Waals surface area contributed by atoms with E-state index in [1.807, 2.05) is 0 Å². The number of fused-ring (bicyclic) bond motifs is 3. The Balaban J connectivity index is 1.79. The number of hydrogen-bond donors (Lipinski definition) is 1. The third-order valence-corrected chi connectivity index (χ3v) is 6.93. The highest BCUT2D eigenvalue weighted by atomic mass is 35.5. The molecular formula is C28H16Cl2F6N2O. The van der Waals surface area contributed by atoms with Crippen LogP contribution in [0.2, 0.25) is 10.0 Å². The van der Waals surface area contributed by atoms with Crippen molar-refractivity contribution in [2.75, 3.05) is 0 Å². The van der Waals surface area contributed by atoms with Gasteiger partial charge in [-0.1, -0.05) is 47.5 Å². The molecule has 0 aliphatic carbocycles. The molecule has 4 aromatic carbocycles. The second kappa shape index (κ2) is 9.50. The summed E-state index contributed by atoms with van der Waals surface area (Å²) < 4.78 is 82.7. The van der Waals surface area contributed by atoms with Crippen LogP contribution in [0.15, 0.2) is 72.8 Å². The Morgan fingerprint density at radius 3 is 2.05 bits per heavy atom. The smallest absolute Gasteiger partial charge is 0.366 e. The number of rotatable bonds is 4. The summed E-state index contributed by atoms with van der Waals surface area (Å²) in [4.78, 5) is 12.2. The summed E-state index contributed by atoms with van der Waals surface area (Å²) in [6.45, 7) is -0.354. The van der Waals surface area contributed by atoms with Crippen molar-refractivity contribution in [2.24, 2.45) is 5.73 Å². The van der Waals surface area contributed by atoms with Gasteiger partial charge in [0.05, 0.1) is 22.2 Å². The Bertz CT molecular complexity index is 1740. The number of benzene rings is 4. The molecule has 0 saturated heterocycles. The lowest BCUT2D eigenvalue weighted by Gasteiger charge is -2.16. The van der Waals surface area contributed by atoms with E-state index in [1.54, 1.807) is 53.1 Å². The van der Waals surface area contributed by atoms with Crippen LogP contribution >= 0.6 is 23.2 Å². The monoisotopic (exact) mass is 580 g/mol. The van der Waals surface area contributed by atoms with Crippen molar-refractivity contribution in [1.82, 2.24) is 4.57 Å². The zero-order valence-corrected chi connectivity index (χ0v) is 21.1. The molecule has 39 heavy (non-hydrogen) atoms. The molecule has 5 aromatic rings. The number of nitrogens with two attached hydrogens (primary N) is 1. The molecule has 1 amide bonds. The summed E-state index contributed by atoms with van der Waals surface area (Å²) in [5.74, 6) is -0.733. The lowest BCUT2D eigenvalue weighted by atomic mass is 10.0. The second-order valence-corrected chi connectivity index (χ2v) is 9.76. The van der Waals surface area contributed by atoms with Crippen molar-refractivity contribution >= 4 is 50.9 Å². The van der Waals surface area contributed by atoms with Crippen molar-refractivity contribution in [3.8, 4) is 11.1 Å². The Morgan fingerprint density at radius 2 is 1.46 bits per heavy atom. The number of alkyl halides is 6. The summed E-state index contributed by atoms with van der Waals surface area (Å²) in [5, 5.41) is 1.72. The molecule has 0 saturated carbocycles. The van der Waals surface area contributed by atoms with E-state index < -0.39 is 29.4 Å². The van der Waals surface area contributed by atoms with Crippen LogP contribution in [0.1, 0.15) is 27.0 Å². The number of carbonyl (C=O) groups is 1. The lowest BCUT2D eigenvalue weighted by molar-refractivity contribution is -0.143. The van der Waals surface area contributed by atoms with Crippen LogP contribution in [0, 0.1) is 0 Å². The standard InChI is InChI=1S/C28H16Cl2F6N2O/c29-18-5-7-19(22(30)12-18)15-4-6-20-24(10-15)38(23-3-1-2-21(25(20)23)26(37)39)13-14-8-16(27(31,32)33)11-17(9-14)28(34,35)36/h1-12H,13H2,(H2,37,39). The highest BCUT2D eigenvalue weighted by molar-refractivity contribution is 6.36. The molecule has 0 aliphatic rings. The van der Waals surface area contributed by atoms with E-state index in [-0.39, 0.29) is 23.7 Å². The minimum absolute atomic E-state index is 0.0845. The van der Waals surface area contributed by atoms with Crippen molar-refractivity contribution in [3.05, 3.63) is 105 Å². The molecule has 0 aliphatic heterocycles. The lowest BCUT2D eigenvalue weighted by Crippen LogP contribution is -2.13. The topological polar surface area (TPSA) is 48.0 Å². The highest BCUT2D eigenvalue weighted by Gasteiger charge is 2.37. The van der Waals surface area contributed by atoms with E-state index in [1.165, 1.54) is 6.07 Å². The summed E-state index contributed by atoms with van der Waals surface area (Å²) >= 11 is 12.4. The molecule has 0 atom stereocenters. The molecule has 1 aromatic heterocycles. The molecule has 1 heterocycles. The molecule has 0 radical (unpaired) electrons. The quantitative estimate of drug-likeness (QED) is 0.212. The number of nitrogens with zero attached hydrogens (tertiary/aromatic N) is 1. The maximum atomic E-state index is 13.5. The maximum Gasteiger partial charge on any atom is 0.416 e. The predicted octanol–water partition coefficient (Wildman–Crippen LogP) is 8.95. The average Bonchev–Trinajstić information content (AvgIpc) is 3.15. The van der Waals surface area contributed by atoms with Gasteiger partial charge >= 0.3 is 12.4 Å². The van der Waals surface area contributed by atoms with Gasteiger partial charge in [-0.15, -0.1) is 0 Å². The van der Waals surface area contributed by atoms with Crippen molar-refractivity contribution < 1.29 is 31.1 Å². The van der Waals surface area contributed by atoms with E-state index in [0.717, 1.165) is 0 Å². The Labute approximate surface area is 227 Å². The first kappa shape index (κ1) is 26.9. The first-order valence-corrected chi connectivity index (χ1v) is 12.1. The van der Waals surface area contributed by atoms with Gasteiger partial charge in [-0.2, -0.15) is 26.3 Å². The summed E-state index contributed by atoms with van der Waals surface area (Å²) in [6.07, 6.45) is -9.98. The summed E-state index contributed by atoms with van der Waals surface area (Å²) in [7, 11) is 0. The van der Waals surface area contributed by atoms with E-state index in [2.05, 4.69) is 0 Å². The second-order valence-electron chi connectivity index (χ2n) is 8.92. The molecule has 0 bridgehead atoms. The molecule has 3 nitrogen and oxygen atoms in total. The van der Waals surface area contributed by atoms with Crippen molar-refractivity contribution in [2.45, 2.75) is 18.9 Å². The zero-order chi connectivity index (χ0) is 28.3. The highest BCUT2D eigenvalue weighted by Crippen LogP contribution is 2.39. The van der Waals surface area contributed by atoms with Gasteiger partial charge in [0, 0.05) is 38.5 Å². The van der Waals surface area contributed by atoms with Crippen LogP contribution in [0.25, 0.3) is 32.9 Å². The summed E-state index contributed by atoms with van der Waals surface area (Å²) in [5.41, 5.74) is 4.78. The van der Waals surface area contributed by atoms with Gasteiger partial charge in [0.2, 0.25) is 5.91 Å². The van der Waals surface area contributed by atoms with Crippen LogP contribution < -0.4 is 5.73 Å². The minimum Gasteiger partial charge on any atom is -0.366 e. The van der Waals surface area contributed by atoms with Gasteiger partial charge in [-0.3, -0.25) is 4.79 Å². The molecular weight excluding hydrogens is 565 g/mol. The van der Waals surface area contributed by atoms with Crippen LogP contribution in [0.5, 0.6) is 0 Å². The van der Waals surface area contributed by atoms with Crippen LogP contribution in [-0.2, 0) is 18.9 Å². The van der Waals surface area contributed by atoms with Gasteiger partial charge in [-0.05, 0) is 59.7 Å². The Hall–Kier alpha value is -3.69.